The van der Waals surface area contributed by atoms with Gasteiger partial charge < -0.3 is 19.7 Å². The van der Waals surface area contributed by atoms with E-state index >= 15 is 0 Å². The monoisotopic (exact) mass is 284 g/mol. The number of hydrogen-bond donors (Lipinski definition) is 2. The Hall–Kier alpha value is -1.40. The highest BCUT2D eigenvalue weighted by atomic mass is 16.5. The average molecular weight is 284 g/mol. The Morgan fingerprint density at radius 1 is 1.00 bits per heavy atom. The molecule has 0 heterocycles. The second-order valence-electron chi connectivity index (χ2n) is 5.24. The van der Waals surface area contributed by atoms with E-state index in [2.05, 4.69) is 0 Å². The van der Waals surface area contributed by atoms with Gasteiger partial charge in [0.05, 0.1) is 0 Å². The van der Waals surface area contributed by atoms with Crippen molar-refractivity contribution in [1.29, 1.82) is 0 Å². The summed E-state index contributed by atoms with van der Waals surface area (Å²) in [6.45, 7) is 4.22. The Kier molecular flexibility index (Phi) is 3.88. The van der Waals surface area contributed by atoms with Crippen LogP contribution in [0.4, 0.5) is 0 Å². The second-order valence-corrected chi connectivity index (χ2v) is 5.24. The van der Waals surface area contributed by atoms with Crippen molar-refractivity contribution in [3.63, 3.8) is 0 Å². The summed E-state index contributed by atoms with van der Waals surface area (Å²) in [5.41, 5.74) is -2.08. The summed E-state index contributed by atoms with van der Waals surface area (Å²) >= 11 is 0. The third-order valence-corrected chi connectivity index (χ3v) is 4.30. The third-order valence-electron chi connectivity index (χ3n) is 4.30. The van der Waals surface area contributed by atoms with Gasteiger partial charge in [0.15, 0.2) is 0 Å². The van der Waals surface area contributed by atoms with Crippen molar-refractivity contribution in [2.45, 2.75) is 37.9 Å². The molecule has 2 N–H and O–H groups in total. The van der Waals surface area contributed by atoms with Crippen LogP contribution in [-0.2, 0) is 19.1 Å². The molecule has 0 unspecified atom stereocenters. The van der Waals surface area contributed by atoms with E-state index in [1.807, 2.05) is 0 Å². The zero-order valence-corrected chi connectivity index (χ0v) is 11.7. The molecule has 3 aliphatic rings. The molecule has 6 nitrogen and oxygen atoms in total. The highest BCUT2D eigenvalue weighted by Crippen LogP contribution is 2.53. The summed E-state index contributed by atoms with van der Waals surface area (Å²) in [6.07, 6.45) is 4.29. The standard InChI is InChI=1S/C14H20O6/c1-3-19-13-5-7-14(8-6-13,20-4-2)10(12(17)18)9(13)11(15)16/h5,7,9-10H,3-4,6,8H2,1-2H3,(H,15,16)(H,17,18)/t9-,10-,13-,14+/m1/s1. The van der Waals surface area contributed by atoms with Gasteiger partial charge in [-0.25, -0.2) is 0 Å². The molecule has 0 aliphatic heterocycles. The Balaban J connectivity index is 2.53. The third kappa shape index (κ3) is 2.03. The van der Waals surface area contributed by atoms with Crippen molar-refractivity contribution in [2.75, 3.05) is 13.2 Å². The van der Waals surface area contributed by atoms with Gasteiger partial charge in [0.25, 0.3) is 0 Å². The lowest BCUT2D eigenvalue weighted by Gasteiger charge is -2.54. The number of fused-ring (bicyclic) bond motifs is 2. The van der Waals surface area contributed by atoms with Gasteiger partial charge in [0.1, 0.15) is 23.0 Å². The first-order valence-corrected chi connectivity index (χ1v) is 6.86. The normalized spacial score (nSPS) is 38.9. The van der Waals surface area contributed by atoms with Crippen LogP contribution in [0.3, 0.4) is 0 Å². The first kappa shape index (κ1) is 15.0. The molecule has 0 aromatic rings. The number of hydrogen-bond acceptors (Lipinski definition) is 4. The Morgan fingerprint density at radius 2 is 1.35 bits per heavy atom. The molecule has 0 aromatic carbocycles. The quantitative estimate of drug-likeness (QED) is 0.714. The smallest absolute Gasteiger partial charge is 0.310 e. The molecule has 0 aromatic heterocycles. The highest BCUT2D eigenvalue weighted by molar-refractivity contribution is 5.84. The van der Waals surface area contributed by atoms with Gasteiger partial charge in [-0.1, -0.05) is 12.2 Å². The molecule has 3 aliphatic carbocycles. The molecule has 0 saturated heterocycles. The van der Waals surface area contributed by atoms with Crippen molar-refractivity contribution in [1.82, 2.24) is 0 Å². The van der Waals surface area contributed by atoms with Crippen molar-refractivity contribution in [3.05, 3.63) is 12.2 Å². The van der Waals surface area contributed by atoms with E-state index in [-0.39, 0.29) is 0 Å². The van der Waals surface area contributed by atoms with Crippen LogP contribution in [0.15, 0.2) is 12.2 Å². The van der Waals surface area contributed by atoms with E-state index in [0.717, 1.165) is 0 Å². The molecule has 6 heteroatoms. The minimum absolute atomic E-state index is 0.335. The van der Waals surface area contributed by atoms with Crippen LogP contribution >= 0.6 is 0 Å². The predicted octanol–water partition coefficient (Wildman–Crippen LogP) is 1.30. The van der Waals surface area contributed by atoms with Gasteiger partial charge in [-0.3, -0.25) is 9.59 Å². The maximum absolute atomic E-state index is 11.7. The van der Waals surface area contributed by atoms with Crippen LogP contribution in [0.1, 0.15) is 26.7 Å². The fourth-order valence-corrected chi connectivity index (χ4v) is 3.58. The number of aliphatic carboxylic acids is 2. The number of ether oxygens (including phenoxy) is 2. The summed E-state index contributed by atoms with van der Waals surface area (Å²) in [5.74, 6) is -4.58. The second kappa shape index (κ2) is 5.18. The first-order chi connectivity index (χ1) is 9.42. The molecule has 4 atom stereocenters. The summed E-state index contributed by atoms with van der Waals surface area (Å²) in [6, 6.07) is 0. The van der Waals surface area contributed by atoms with Crippen molar-refractivity contribution in [2.24, 2.45) is 11.8 Å². The first-order valence-electron chi connectivity index (χ1n) is 6.86. The molecule has 0 spiro atoms. The molecule has 1 saturated carbocycles. The lowest BCUT2D eigenvalue weighted by molar-refractivity contribution is -0.206. The van der Waals surface area contributed by atoms with Gasteiger partial charge in [-0.15, -0.1) is 0 Å². The lowest BCUT2D eigenvalue weighted by Crippen LogP contribution is -2.65. The summed E-state index contributed by atoms with van der Waals surface area (Å²) < 4.78 is 11.3. The van der Waals surface area contributed by atoms with Crippen LogP contribution in [-0.4, -0.2) is 46.6 Å². The molecule has 0 amide bonds. The van der Waals surface area contributed by atoms with Gasteiger partial charge in [-0.05, 0) is 26.7 Å². The summed E-state index contributed by atoms with van der Waals surface area (Å²) in [5, 5.41) is 19.0. The number of rotatable bonds is 6. The van der Waals surface area contributed by atoms with Gasteiger partial charge in [0.2, 0.25) is 0 Å². The zero-order valence-electron chi connectivity index (χ0n) is 11.7. The molecule has 1 fully saturated rings. The van der Waals surface area contributed by atoms with Crippen molar-refractivity contribution >= 4 is 11.9 Å². The Bertz CT molecular complexity index is 405. The zero-order chi connectivity index (χ0) is 15.0. The Morgan fingerprint density at radius 3 is 1.55 bits per heavy atom. The summed E-state index contributed by atoms with van der Waals surface area (Å²) in [4.78, 5) is 23.3. The van der Waals surface area contributed by atoms with Gasteiger partial charge in [-0.2, -0.15) is 0 Å². The van der Waals surface area contributed by atoms with Crippen LogP contribution in [0.5, 0.6) is 0 Å². The molecule has 2 bridgehead atoms. The van der Waals surface area contributed by atoms with Crippen LogP contribution in [0.25, 0.3) is 0 Å². The predicted molar refractivity (Wildman–Crippen MR) is 69.3 cm³/mol. The summed E-state index contributed by atoms with van der Waals surface area (Å²) in [7, 11) is 0. The fraction of sp³-hybridized carbons (Fsp3) is 0.714. The van der Waals surface area contributed by atoms with E-state index in [9.17, 15) is 19.8 Å². The minimum atomic E-state index is -1.15. The number of carboxylic acids is 2. The molecular weight excluding hydrogens is 264 g/mol. The van der Waals surface area contributed by atoms with Crippen LogP contribution in [0, 0.1) is 11.8 Å². The van der Waals surface area contributed by atoms with E-state index in [1.165, 1.54) is 0 Å². The molecule has 0 radical (unpaired) electrons. The molecular formula is C14H20O6. The topological polar surface area (TPSA) is 93.1 Å². The molecule has 112 valence electrons. The van der Waals surface area contributed by atoms with Crippen molar-refractivity contribution in [3.8, 4) is 0 Å². The average Bonchev–Trinajstić information content (AvgIpc) is 2.39. The lowest BCUT2D eigenvalue weighted by atomic mass is 9.57. The van der Waals surface area contributed by atoms with E-state index in [1.54, 1.807) is 26.0 Å². The Labute approximate surface area is 117 Å². The molecule has 3 rings (SSSR count). The van der Waals surface area contributed by atoms with Crippen LogP contribution < -0.4 is 0 Å². The van der Waals surface area contributed by atoms with E-state index < -0.39 is 35.0 Å². The number of carbonyl (C=O) groups is 2. The minimum Gasteiger partial charge on any atom is -0.481 e. The molecule has 20 heavy (non-hydrogen) atoms. The maximum Gasteiger partial charge on any atom is 0.310 e. The highest BCUT2D eigenvalue weighted by Gasteiger charge is 2.64. The largest absolute Gasteiger partial charge is 0.481 e. The van der Waals surface area contributed by atoms with Crippen molar-refractivity contribution < 1.29 is 29.3 Å². The fourth-order valence-electron chi connectivity index (χ4n) is 3.58. The SMILES string of the molecule is CCO[C@]12C=C[C@](OCC)(CC1)[C@@H](C(=O)O)[C@@H]2C(=O)O. The van der Waals surface area contributed by atoms with Gasteiger partial charge >= 0.3 is 11.9 Å². The maximum atomic E-state index is 11.7. The van der Waals surface area contributed by atoms with E-state index in [0.29, 0.717) is 26.1 Å². The van der Waals surface area contributed by atoms with Gasteiger partial charge in [0, 0.05) is 13.2 Å². The number of carboxylic acid groups (broad SMARTS) is 2. The van der Waals surface area contributed by atoms with Crippen LogP contribution in [0.2, 0.25) is 0 Å². The van der Waals surface area contributed by atoms with E-state index in [4.69, 9.17) is 9.47 Å².